The van der Waals surface area contributed by atoms with Crippen molar-refractivity contribution in [2.75, 3.05) is 49.4 Å². The summed E-state index contributed by atoms with van der Waals surface area (Å²) in [5.74, 6) is -2.85. The number of hydrogen-bond acceptors (Lipinski definition) is 7. The zero-order valence-electron chi connectivity index (χ0n) is 19.8. The number of unbranched alkanes of at least 4 members (excludes halogenated alkanes) is 1. The van der Waals surface area contributed by atoms with Crippen LogP contribution in [-0.2, 0) is 14.8 Å². The molecule has 2 heterocycles. The quantitative estimate of drug-likeness (QED) is 0.461. The second-order valence-electron chi connectivity index (χ2n) is 7.89. The van der Waals surface area contributed by atoms with Crippen molar-refractivity contribution in [3.05, 3.63) is 41.3 Å². The van der Waals surface area contributed by atoms with Gasteiger partial charge in [-0.3, -0.25) is 9.52 Å². The topological polar surface area (TPSA) is 119 Å². The van der Waals surface area contributed by atoms with Crippen LogP contribution in [0.5, 0.6) is 0 Å². The monoisotopic (exact) mass is 550 g/mol. The Morgan fingerprint density at radius 2 is 1.86 bits per heavy atom. The second-order valence-corrected chi connectivity index (χ2v) is 10.7. The maximum absolute atomic E-state index is 13.2. The van der Waals surface area contributed by atoms with E-state index in [0.717, 1.165) is 56.0 Å². The number of alkyl halides is 3. The number of halogens is 3. The minimum absolute atomic E-state index is 0.0934. The molecule has 200 valence electrons. The Morgan fingerprint density at radius 1 is 1.22 bits per heavy atom. The number of carbonyl (C=O) groups excluding carboxylic acids is 1. The number of anilines is 2. The van der Waals surface area contributed by atoms with E-state index in [1.807, 2.05) is 6.07 Å². The zero-order valence-corrected chi connectivity index (χ0v) is 21.5. The van der Waals surface area contributed by atoms with Crippen molar-refractivity contribution in [2.24, 2.45) is 0 Å². The number of carboxylic acid groups (broad SMARTS) is 1. The summed E-state index contributed by atoms with van der Waals surface area (Å²) in [4.78, 5) is 26.0. The number of thiophene rings is 1. The summed E-state index contributed by atoms with van der Waals surface area (Å²) in [6.45, 7) is 6.07. The van der Waals surface area contributed by atoms with E-state index in [0.29, 0.717) is 17.8 Å². The van der Waals surface area contributed by atoms with Crippen LogP contribution in [-0.4, -0.2) is 76.2 Å². The molecule has 2 aromatic rings. The lowest BCUT2D eigenvalue weighted by molar-refractivity contribution is -0.192. The number of hydrogen-bond donors (Lipinski definition) is 3. The van der Waals surface area contributed by atoms with Crippen molar-refractivity contribution in [1.29, 1.82) is 0 Å². The van der Waals surface area contributed by atoms with Gasteiger partial charge < -0.3 is 20.2 Å². The van der Waals surface area contributed by atoms with E-state index in [-0.39, 0.29) is 10.1 Å². The normalized spacial score (nSPS) is 14.0. The van der Waals surface area contributed by atoms with Crippen molar-refractivity contribution in [3.8, 4) is 0 Å². The average molecular weight is 551 g/mol. The first-order valence-electron chi connectivity index (χ1n) is 11.1. The molecule has 0 aliphatic carbocycles. The number of nitrogens with one attached hydrogen (secondary N) is 2. The van der Waals surface area contributed by atoms with E-state index < -0.39 is 22.2 Å². The summed E-state index contributed by atoms with van der Waals surface area (Å²) in [5.41, 5.74) is 1.76. The number of rotatable bonds is 8. The molecule has 36 heavy (non-hydrogen) atoms. The smallest absolute Gasteiger partial charge is 0.475 e. The zero-order chi connectivity index (χ0) is 26.9. The van der Waals surface area contributed by atoms with Crippen LogP contribution in [0.4, 0.5) is 24.5 Å². The van der Waals surface area contributed by atoms with Crippen molar-refractivity contribution < 1.29 is 36.3 Å². The molecule has 1 saturated heterocycles. The third-order valence-electron chi connectivity index (χ3n) is 5.13. The van der Waals surface area contributed by atoms with E-state index in [4.69, 9.17) is 9.90 Å². The summed E-state index contributed by atoms with van der Waals surface area (Å²) in [5, 5.41) is 12.2. The molecule has 3 N–H and O–H groups in total. The molecule has 1 aliphatic rings. The van der Waals surface area contributed by atoms with E-state index >= 15 is 0 Å². The fourth-order valence-electron chi connectivity index (χ4n) is 3.28. The number of amides is 1. The molecule has 1 amide bonds. The van der Waals surface area contributed by atoms with Crippen molar-refractivity contribution in [1.82, 2.24) is 10.2 Å². The molecule has 14 heteroatoms. The fourth-order valence-corrected chi connectivity index (χ4v) is 5.32. The van der Waals surface area contributed by atoms with Crippen molar-refractivity contribution in [2.45, 2.75) is 30.2 Å². The molecule has 1 fully saturated rings. The second kappa shape index (κ2) is 12.9. The van der Waals surface area contributed by atoms with Gasteiger partial charge in [-0.25, -0.2) is 13.2 Å². The van der Waals surface area contributed by atoms with E-state index in [2.05, 4.69) is 21.9 Å². The van der Waals surface area contributed by atoms with Gasteiger partial charge in [-0.2, -0.15) is 13.2 Å². The van der Waals surface area contributed by atoms with Crippen LogP contribution in [0.25, 0.3) is 0 Å². The van der Waals surface area contributed by atoms with Gasteiger partial charge >= 0.3 is 12.1 Å². The predicted octanol–water partition coefficient (Wildman–Crippen LogP) is 3.46. The minimum Gasteiger partial charge on any atom is -0.475 e. The largest absolute Gasteiger partial charge is 0.490 e. The highest BCUT2D eigenvalue weighted by atomic mass is 32.2. The molecule has 0 unspecified atom stereocenters. The van der Waals surface area contributed by atoms with Crippen LogP contribution in [0.15, 0.2) is 39.9 Å². The number of carbonyl (C=O) groups is 2. The summed E-state index contributed by atoms with van der Waals surface area (Å²) in [6.07, 6.45) is -3.15. The number of benzene rings is 1. The third kappa shape index (κ3) is 8.38. The summed E-state index contributed by atoms with van der Waals surface area (Å²) < 4.78 is 59.8. The van der Waals surface area contributed by atoms with Gasteiger partial charge in [-0.05, 0) is 36.1 Å². The maximum Gasteiger partial charge on any atom is 0.490 e. The van der Waals surface area contributed by atoms with Crippen LogP contribution in [0.1, 0.15) is 30.1 Å². The van der Waals surface area contributed by atoms with E-state index in [1.165, 1.54) is 0 Å². The molecule has 0 radical (unpaired) electrons. The van der Waals surface area contributed by atoms with E-state index in [9.17, 15) is 26.4 Å². The Bertz CT molecular complexity index is 1120. The van der Waals surface area contributed by atoms with Crippen LogP contribution < -0.4 is 14.9 Å². The Morgan fingerprint density at radius 3 is 2.39 bits per heavy atom. The molecule has 0 bridgehead atoms. The van der Waals surface area contributed by atoms with Gasteiger partial charge in [0.05, 0.1) is 5.56 Å². The molecule has 1 aliphatic heterocycles. The molecule has 3 rings (SSSR count). The lowest BCUT2D eigenvalue weighted by Gasteiger charge is -2.32. The first kappa shape index (κ1) is 29.4. The van der Waals surface area contributed by atoms with Crippen LogP contribution >= 0.6 is 11.3 Å². The highest BCUT2D eigenvalue weighted by Crippen LogP contribution is 2.28. The van der Waals surface area contributed by atoms with Gasteiger partial charge in [0.25, 0.3) is 15.9 Å². The number of piperazine rings is 1. The van der Waals surface area contributed by atoms with Crippen LogP contribution in [0, 0.1) is 0 Å². The van der Waals surface area contributed by atoms with Gasteiger partial charge in [0.1, 0.15) is 4.21 Å². The Labute approximate surface area is 212 Å². The molecular weight excluding hydrogens is 521 g/mol. The Kier molecular flexibility index (Phi) is 10.5. The van der Waals surface area contributed by atoms with Gasteiger partial charge in [-0.1, -0.05) is 19.4 Å². The average Bonchev–Trinajstić information content (AvgIpc) is 3.38. The number of carboxylic acids is 1. The summed E-state index contributed by atoms with van der Waals surface area (Å²) >= 11 is 1.16. The first-order valence-corrected chi connectivity index (χ1v) is 13.4. The lowest BCUT2D eigenvalue weighted by Crippen LogP contribution is -2.44. The molecule has 1 aromatic heterocycles. The number of aliphatic carboxylic acids is 1. The third-order valence-corrected chi connectivity index (χ3v) is 7.91. The molecule has 0 spiro atoms. The van der Waals surface area contributed by atoms with Gasteiger partial charge in [-0.15, -0.1) is 11.3 Å². The standard InChI is InChI=1S/C20H28N4O3S2.C2HF3O2/c1-3-4-11-23(2)20(25)17-15-16(22-29(26,27)19-6-5-14-28-19)7-8-18(17)24-12-9-21-10-13-24;3-2(4,5)1(6)7/h5-8,14-15,21-22H,3-4,9-13H2,1-2H3;(H,6,7). The van der Waals surface area contributed by atoms with Crippen LogP contribution in [0.2, 0.25) is 0 Å². The highest BCUT2D eigenvalue weighted by Gasteiger charge is 2.38. The lowest BCUT2D eigenvalue weighted by atomic mass is 10.1. The van der Waals surface area contributed by atoms with Gasteiger partial charge in [0.15, 0.2) is 0 Å². The number of sulfonamides is 1. The van der Waals surface area contributed by atoms with Crippen LogP contribution in [0.3, 0.4) is 0 Å². The molecule has 9 nitrogen and oxygen atoms in total. The molecule has 1 aromatic carbocycles. The van der Waals surface area contributed by atoms with E-state index in [1.54, 1.807) is 41.6 Å². The number of nitrogens with zero attached hydrogens (tertiary/aromatic N) is 2. The Hall–Kier alpha value is -2.84. The molecular formula is C22H29F3N4O5S2. The molecule has 0 saturated carbocycles. The maximum atomic E-state index is 13.2. The SMILES string of the molecule is CCCCN(C)C(=O)c1cc(NS(=O)(=O)c2cccs2)ccc1N1CCNCC1.O=C(O)C(F)(F)F. The van der Waals surface area contributed by atoms with Crippen molar-refractivity contribution >= 4 is 44.6 Å². The predicted molar refractivity (Wildman–Crippen MR) is 132 cm³/mol. The molecule has 0 atom stereocenters. The summed E-state index contributed by atoms with van der Waals surface area (Å²) in [6, 6.07) is 8.49. The summed E-state index contributed by atoms with van der Waals surface area (Å²) in [7, 11) is -1.87. The Balaban J connectivity index is 0.000000572. The highest BCUT2D eigenvalue weighted by molar-refractivity contribution is 7.94. The minimum atomic E-state index is -5.08. The van der Waals surface area contributed by atoms with Gasteiger partial charge in [0, 0.05) is 51.1 Å². The first-order chi connectivity index (χ1) is 16.9. The van der Waals surface area contributed by atoms with Gasteiger partial charge in [0.2, 0.25) is 0 Å². The van der Waals surface area contributed by atoms with Crippen molar-refractivity contribution in [3.63, 3.8) is 0 Å². The fraction of sp³-hybridized carbons (Fsp3) is 0.455.